The number of amides is 1. The van der Waals surface area contributed by atoms with Crippen LogP contribution in [-0.2, 0) is 7.05 Å². The van der Waals surface area contributed by atoms with Crippen LogP contribution in [0, 0.1) is 0 Å². The fourth-order valence-electron chi connectivity index (χ4n) is 3.11. The molecule has 1 aliphatic heterocycles. The second kappa shape index (κ2) is 7.59. The van der Waals surface area contributed by atoms with E-state index in [1.165, 1.54) is 0 Å². The lowest BCUT2D eigenvalue weighted by Crippen LogP contribution is -2.46. The van der Waals surface area contributed by atoms with Gasteiger partial charge in [0.25, 0.3) is 5.91 Å². The van der Waals surface area contributed by atoms with E-state index in [1.807, 2.05) is 14.1 Å². The first-order valence-electron chi connectivity index (χ1n) is 8.49. The molecule has 0 unspecified atom stereocenters. The monoisotopic (exact) mass is 360 g/mol. The molecule has 1 aliphatic rings. The molecule has 0 radical (unpaired) electrons. The minimum atomic E-state index is -0.0113. The lowest BCUT2D eigenvalue weighted by molar-refractivity contribution is 0.0699. The Hall–Kier alpha value is -2.84. The summed E-state index contributed by atoms with van der Waals surface area (Å²) in [6, 6.07) is 1.82. The van der Waals surface area contributed by atoms with E-state index in [0.717, 1.165) is 25.9 Å². The normalized spacial score (nSPS) is 15.0. The topological polar surface area (TPSA) is 85.6 Å². The van der Waals surface area contributed by atoms with Crippen LogP contribution in [0.1, 0.15) is 23.3 Å². The quantitative estimate of drug-likeness (QED) is 0.785. The Bertz CT molecular complexity index is 747. The lowest BCUT2D eigenvalue weighted by atomic mass is 10.0. The van der Waals surface area contributed by atoms with Crippen molar-refractivity contribution < 1.29 is 14.3 Å². The van der Waals surface area contributed by atoms with Gasteiger partial charge in [-0.2, -0.15) is 9.97 Å². The van der Waals surface area contributed by atoms with E-state index >= 15 is 0 Å². The van der Waals surface area contributed by atoms with Crippen molar-refractivity contribution in [1.82, 2.24) is 24.4 Å². The number of aryl methyl sites for hydroxylation is 1. The van der Waals surface area contributed by atoms with E-state index in [-0.39, 0.29) is 11.9 Å². The van der Waals surface area contributed by atoms with E-state index in [2.05, 4.69) is 19.9 Å². The SMILES string of the molecule is COc1cc(OC)nc(N2CCC(N(C)C(=O)c3cncn3C)CC2)n1. The third-order valence-electron chi connectivity index (χ3n) is 4.74. The van der Waals surface area contributed by atoms with Crippen molar-refractivity contribution in [2.24, 2.45) is 7.05 Å². The maximum Gasteiger partial charge on any atom is 0.272 e. The predicted octanol–water partition coefficient (Wildman–Crippen LogP) is 0.968. The molecule has 3 rings (SSSR count). The Morgan fingerprint density at radius 3 is 2.31 bits per heavy atom. The Labute approximate surface area is 152 Å². The molecular weight excluding hydrogens is 336 g/mol. The third kappa shape index (κ3) is 3.56. The van der Waals surface area contributed by atoms with Crippen molar-refractivity contribution in [3.05, 3.63) is 24.3 Å². The van der Waals surface area contributed by atoms with E-state index in [1.54, 1.807) is 42.3 Å². The van der Waals surface area contributed by atoms with Gasteiger partial charge in [0.05, 0.1) is 32.8 Å². The molecule has 0 saturated carbocycles. The number of ether oxygens (including phenoxy) is 2. The van der Waals surface area contributed by atoms with Gasteiger partial charge >= 0.3 is 0 Å². The highest BCUT2D eigenvalue weighted by Gasteiger charge is 2.28. The zero-order valence-corrected chi connectivity index (χ0v) is 15.5. The smallest absolute Gasteiger partial charge is 0.272 e. The molecule has 2 aromatic heterocycles. The van der Waals surface area contributed by atoms with Crippen LogP contribution in [0.4, 0.5) is 5.95 Å². The number of anilines is 1. The van der Waals surface area contributed by atoms with Crippen molar-refractivity contribution >= 4 is 11.9 Å². The van der Waals surface area contributed by atoms with Gasteiger partial charge in [0.1, 0.15) is 5.69 Å². The van der Waals surface area contributed by atoms with Crippen molar-refractivity contribution in [3.8, 4) is 11.8 Å². The molecule has 0 N–H and O–H groups in total. The molecule has 1 saturated heterocycles. The number of carbonyl (C=O) groups is 1. The molecule has 1 fully saturated rings. The highest BCUT2D eigenvalue weighted by Crippen LogP contribution is 2.24. The minimum Gasteiger partial charge on any atom is -0.481 e. The highest BCUT2D eigenvalue weighted by atomic mass is 16.5. The fraction of sp³-hybridized carbons (Fsp3) is 0.529. The summed E-state index contributed by atoms with van der Waals surface area (Å²) in [6.07, 6.45) is 4.91. The number of hydrogen-bond donors (Lipinski definition) is 0. The Morgan fingerprint density at radius 2 is 1.81 bits per heavy atom. The summed E-state index contributed by atoms with van der Waals surface area (Å²) in [6.45, 7) is 1.51. The number of nitrogens with zero attached hydrogens (tertiary/aromatic N) is 6. The molecule has 140 valence electrons. The van der Waals surface area contributed by atoms with Crippen LogP contribution in [0.3, 0.4) is 0 Å². The maximum absolute atomic E-state index is 12.6. The lowest BCUT2D eigenvalue weighted by Gasteiger charge is -2.36. The van der Waals surface area contributed by atoms with Gasteiger partial charge in [0, 0.05) is 33.2 Å². The summed E-state index contributed by atoms with van der Waals surface area (Å²) < 4.78 is 12.2. The molecule has 0 atom stereocenters. The van der Waals surface area contributed by atoms with Crippen molar-refractivity contribution in [1.29, 1.82) is 0 Å². The minimum absolute atomic E-state index is 0.0113. The van der Waals surface area contributed by atoms with Crippen molar-refractivity contribution in [2.45, 2.75) is 18.9 Å². The van der Waals surface area contributed by atoms with Gasteiger partial charge in [-0.1, -0.05) is 0 Å². The number of hydrogen-bond acceptors (Lipinski definition) is 7. The summed E-state index contributed by atoms with van der Waals surface area (Å²) >= 11 is 0. The van der Waals surface area contributed by atoms with Gasteiger partial charge in [-0.25, -0.2) is 4.98 Å². The maximum atomic E-state index is 12.6. The van der Waals surface area contributed by atoms with Gasteiger partial charge in [0.2, 0.25) is 17.7 Å². The van der Waals surface area contributed by atoms with E-state index in [4.69, 9.17) is 9.47 Å². The largest absolute Gasteiger partial charge is 0.481 e. The molecule has 9 heteroatoms. The summed E-state index contributed by atoms with van der Waals surface area (Å²) in [5.74, 6) is 1.51. The van der Waals surface area contributed by atoms with Gasteiger partial charge in [-0.3, -0.25) is 4.79 Å². The molecule has 0 aliphatic carbocycles. The van der Waals surface area contributed by atoms with Gasteiger partial charge in [-0.15, -0.1) is 0 Å². The summed E-state index contributed by atoms with van der Waals surface area (Å²) in [5, 5.41) is 0. The van der Waals surface area contributed by atoms with Crippen LogP contribution >= 0.6 is 0 Å². The molecule has 0 spiro atoms. The summed E-state index contributed by atoms with van der Waals surface area (Å²) in [5.41, 5.74) is 0.593. The second-order valence-corrected chi connectivity index (χ2v) is 6.28. The number of aromatic nitrogens is 4. The number of methoxy groups -OCH3 is 2. The molecular formula is C17H24N6O3. The zero-order chi connectivity index (χ0) is 18.7. The molecule has 26 heavy (non-hydrogen) atoms. The molecule has 9 nitrogen and oxygen atoms in total. The van der Waals surface area contributed by atoms with Gasteiger partial charge in [-0.05, 0) is 12.8 Å². The van der Waals surface area contributed by atoms with Gasteiger partial charge < -0.3 is 23.8 Å². The Kier molecular flexibility index (Phi) is 5.24. The highest BCUT2D eigenvalue weighted by molar-refractivity contribution is 5.92. The molecule has 1 amide bonds. The van der Waals surface area contributed by atoms with E-state index < -0.39 is 0 Å². The van der Waals surface area contributed by atoms with E-state index in [0.29, 0.717) is 23.4 Å². The van der Waals surface area contributed by atoms with Gasteiger partial charge in [0.15, 0.2) is 0 Å². The average molecular weight is 360 g/mol. The summed E-state index contributed by atoms with van der Waals surface area (Å²) in [4.78, 5) is 29.4. The predicted molar refractivity (Wildman–Crippen MR) is 95.7 cm³/mol. The first-order valence-corrected chi connectivity index (χ1v) is 8.49. The van der Waals surface area contributed by atoms with Crippen molar-refractivity contribution in [3.63, 3.8) is 0 Å². The zero-order valence-electron chi connectivity index (χ0n) is 15.5. The van der Waals surface area contributed by atoms with Crippen LogP contribution in [-0.4, -0.2) is 70.7 Å². The number of imidazole rings is 1. The molecule has 0 aromatic carbocycles. The first-order chi connectivity index (χ1) is 12.5. The third-order valence-corrected chi connectivity index (χ3v) is 4.74. The van der Waals surface area contributed by atoms with Crippen LogP contribution in [0.15, 0.2) is 18.6 Å². The number of rotatable bonds is 5. The second-order valence-electron chi connectivity index (χ2n) is 6.28. The van der Waals surface area contributed by atoms with E-state index in [9.17, 15) is 4.79 Å². The Balaban J connectivity index is 1.66. The van der Waals surface area contributed by atoms with Crippen LogP contribution in [0.5, 0.6) is 11.8 Å². The number of carbonyl (C=O) groups excluding carboxylic acids is 1. The molecule has 2 aromatic rings. The Morgan fingerprint density at radius 1 is 1.19 bits per heavy atom. The first kappa shape index (κ1) is 18.0. The average Bonchev–Trinajstić information content (AvgIpc) is 3.12. The molecule has 3 heterocycles. The number of piperidine rings is 1. The van der Waals surface area contributed by atoms with Crippen LogP contribution < -0.4 is 14.4 Å². The summed E-state index contributed by atoms with van der Waals surface area (Å²) in [7, 11) is 6.80. The van der Waals surface area contributed by atoms with Crippen LogP contribution in [0.25, 0.3) is 0 Å². The molecule has 0 bridgehead atoms. The van der Waals surface area contributed by atoms with Crippen molar-refractivity contribution in [2.75, 3.05) is 39.3 Å². The standard InChI is InChI=1S/C17H24N6O3/c1-21-11-18-10-13(21)16(24)22(2)12-5-7-23(8-6-12)17-19-14(25-3)9-15(20-17)26-4/h9-12H,5-8H2,1-4H3. The van der Waals surface area contributed by atoms with Crippen LogP contribution in [0.2, 0.25) is 0 Å². The fourth-order valence-corrected chi connectivity index (χ4v) is 3.11.